The van der Waals surface area contributed by atoms with Crippen LogP contribution in [0.4, 0.5) is 29.3 Å². The van der Waals surface area contributed by atoms with Gasteiger partial charge in [0.1, 0.15) is 16.9 Å². The monoisotopic (exact) mass is 533 g/mol. The molecule has 0 aromatic carbocycles. The predicted molar refractivity (Wildman–Crippen MR) is 133 cm³/mol. The van der Waals surface area contributed by atoms with Crippen molar-refractivity contribution in [3.05, 3.63) is 30.2 Å². The van der Waals surface area contributed by atoms with E-state index in [-0.39, 0.29) is 25.0 Å². The lowest BCUT2D eigenvalue weighted by Gasteiger charge is -2.36. The topological polar surface area (TPSA) is 97.4 Å². The molecule has 0 radical (unpaired) electrons. The summed E-state index contributed by atoms with van der Waals surface area (Å²) in [5.74, 6) is -1.98. The summed E-state index contributed by atoms with van der Waals surface area (Å²) in [5.41, 5.74) is 2.64. The lowest BCUT2D eigenvalue weighted by atomic mass is 10.0. The molecule has 0 bridgehead atoms. The van der Waals surface area contributed by atoms with Gasteiger partial charge in [-0.25, -0.2) is 32.0 Å². The molecule has 0 aliphatic carbocycles. The summed E-state index contributed by atoms with van der Waals surface area (Å²) in [5, 5.41) is 10.6. The number of hydrogen-bond donors (Lipinski definition) is 2. The highest BCUT2D eigenvalue weighted by atomic mass is 19.3. The van der Waals surface area contributed by atoms with Gasteiger partial charge in [0.2, 0.25) is 5.95 Å². The van der Waals surface area contributed by atoms with Gasteiger partial charge in [-0.1, -0.05) is 0 Å². The number of nitrogens with zero attached hydrogens (tertiary/aromatic N) is 7. The number of alkyl halides is 4. The second-order valence-electron chi connectivity index (χ2n) is 9.87. The number of hydrogen-bond acceptors (Lipinski definition) is 8. The fourth-order valence-corrected chi connectivity index (χ4v) is 4.97. The normalized spacial score (nSPS) is 20.3. The molecule has 2 aliphatic heterocycles. The van der Waals surface area contributed by atoms with Crippen LogP contribution in [0.15, 0.2) is 24.4 Å². The van der Waals surface area contributed by atoms with Crippen LogP contribution in [0.25, 0.3) is 27.9 Å². The number of rotatable bonds is 7. The van der Waals surface area contributed by atoms with Crippen molar-refractivity contribution in [1.29, 1.82) is 0 Å². The van der Waals surface area contributed by atoms with Gasteiger partial charge in [0.05, 0.1) is 44.1 Å². The SMILES string of the molecule is Cc1nc2ccc(-c3ccn4nc(N[C@H]5CCN(C)CC5(F)F)nc(NC5COC5)c34)nc2n1CC(F)F. The number of halogens is 4. The molecular weight excluding hydrogens is 506 g/mol. The maximum absolute atomic E-state index is 14.7. The van der Waals surface area contributed by atoms with Crippen molar-refractivity contribution >= 4 is 28.4 Å². The van der Waals surface area contributed by atoms with Crippen molar-refractivity contribution in [3.63, 3.8) is 0 Å². The van der Waals surface area contributed by atoms with Crippen LogP contribution >= 0.6 is 0 Å². The molecule has 1 atom stereocenters. The number of fused-ring (bicyclic) bond motifs is 2. The average molecular weight is 534 g/mol. The van der Waals surface area contributed by atoms with Crippen molar-refractivity contribution in [2.24, 2.45) is 0 Å². The van der Waals surface area contributed by atoms with Crippen LogP contribution in [0.2, 0.25) is 0 Å². The molecule has 0 spiro atoms. The van der Waals surface area contributed by atoms with Crippen LogP contribution in [0.1, 0.15) is 12.2 Å². The molecule has 6 heterocycles. The Balaban J connectivity index is 1.41. The zero-order valence-electron chi connectivity index (χ0n) is 20.8. The number of anilines is 2. The molecule has 2 saturated heterocycles. The van der Waals surface area contributed by atoms with E-state index in [0.29, 0.717) is 59.3 Å². The number of ether oxygens (including phenoxy) is 1. The molecule has 38 heavy (non-hydrogen) atoms. The molecule has 14 heteroatoms. The van der Waals surface area contributed by atoms with Crippen LogP contribution in [0.3, 0.4) is 0 Å². The zero-order valence-corrected chi connectivity index (χ0v) is 20.8. The summed E-state index contributed by atoms with van der Waals surface area (Å²) in [4.78, 5) is 15.2. The van der Waals surface area contributed by atoms with Crippen LogP contribution in [0, 0.1) is 6.92 Å². The summed E-state index contributed by atoms with van der Waals surface area (Å²) in [6.45, 7) is 2.31. The number of pyridine rings is 1. The highest BCUT2D eigenvalue weighted by Crippen LogP contribution is 2.33. The minimum atomic E-state index is -2.94. The minimum absolute atomic E-state index is 0.000339. The standard InChI is InChI=1S/C24H27F4N9O/c1-13-29-17-4-3-16(31-22(17)36(13)9-19(25)26)15-5-8-37-20(15)21(30-14-10-38-11-14)33-23(34-37)32-18-6-7-35(2)12-24(18,27)28/h3-5,8,14,18-19H,6-7,9-12H2,1-2H3,(H2,30,32,33,34)/t18-/m0/s1. The molecule has 0 unspecified atom stereocenters. The number of nitrogens with one attached hydrogen (secondary N) is 2. The van der Waals surface area contributed by atoms with Crippen LogP contribution in [0.5, 0.6) is 0 Å². The summed E-state index contributed by atoms with van der Waals surface area (Å²) in [6, 6.07) is 4.18. The Hall–Kier alpha value is -3.52. The Labute approximate surface area is 215 Å². The molecule has 4 aromatic heterocycles. The molecule has 0 amide bonds. The molecule has 202 valence electrons. The van der Waals surface area contributed by atoms with Gasteiger partial charge in [0, 0.05) is 18.3 Å². The largest absolute Gasteiger partial charge is 0.377 e. The third-order valence-corrected chi connectivity index (χ3v) is 6.96. The van der Waals surface area contributed by atoms with Crippen LogP contribution in [-0.4, -0.2) is 91.8 Å². The Kier molecular flexibility index (Phi) is 6.10. The summed E-state index contributed by atoms with van der Waals surface area (Å²) in [6.07, 6.45) is -0.611. The van der Waals surface area contributed by atoms with E-state index < -0.39 is 24.9 Å². The van der Waals surface area contributed by atoms with E-state index in [0.717, 1.165) is 0 Å². The third-order valence-electron chi connectivity index (χ3n) is 6.96. The molecule has 2 N–H and O–H groups in total. The van der Waals surface area contributed by atoms with E-state index in [1.165, 1.54) is 4.57 Å². The van der Waals surface area contributed by atoms with Crippen LogP contribution in [-0.2, 0) is 11.3 Å². The zero-order chi connectivity index (χ0) is 26.6. The van der Waals surface area contributed by atoms with Crippen LogP contribution < -0.4 is 10.6 Å². The lowest BCUT2D eigenvalue weighted by Crippen LogP contribution is -2.53. The number of piperidine rings is 1. The van der Waals surface area contributed by atoms with E-state index in [9.17, 15) is 17.6 Å². The average Bonchev–Trinajstić information content (AvgIpc) is 3.38. The number of imidazole rings is 1. The number of likely N-dealkylation sites (tertiary alicyclic amines) is 1. The van der Waals surface area contributed by atoms with Crippen molar-refractivity contribution in [3.8, 4) is 11.3 Å². The fraction of sp³-hybridized carbons (Fsp3) is 0.500. The van der Waals surface area contributed by atoms with E-state index in [1.807, 2.05) is 0 Å². The third kappa shape index (κ3) is 4.51. The van der Waals surface area contributed by atoms with Gasteiger partial charge >= 0.3 is 0 Å². The lowest BCUT2D eigenvalue weighted by molar-refractivity contribution is -0.0675. The fourth-order valence-electron chi connectivity index (χ4n) is 4.97. The van der Waals surface area contributed by atoms with E-state index in [4.69, 9.17) is 4.74 Å². The molecule has 2 fully saturated rings. The highest BCUT2D eigenvalue weighted by molar-refractivity contribution is 5.89. The summed E-state index contributed by atoms with van der Waals surface area (Å²) in [7, 11) is 1.67. The smallest absolute Gasteiger partial charge is 0.280 e. The summed E-state index contributed by atoms with van der Waals surface area (Å²) >= 11 is 0. The number of aryl methyl sites for hydroxylation is 1. The minimum Gasteiger partial charge on any atom is -0.377 e. The number of aromatic nitrogens is 6. The Bertz CT molecular complexity index is 1480. The quantitative estimate of drug-likeness (QED) is 0.350. The van der Waals surface area contributed by atoms with Crippen molar-refractivity contribution < 1.29 is 22.3 Å². The molecule has 6 rings (SSSR count). The molecule has 10 nitrogen and oxygen atoms in total. The second kappa shape index (κ2) is 9.34. The van der Waals surface area contributed by atoms with Gasteiger partial charge in [-0.05, 0) is 38.6 Å². The molecule has 2 aliphatic rings. The van der Waals surface area contributed by atoms with E-state index in [2.05, 4.69) is 30.7 Å². The highest BCUT2D eigenvalue weighted by Gasteiger charge is 2.44. The second-order valence-corrected chi connectivity index (χ2v) is 9.87. The first-order chi connectivity index (χ1) is 18.2. The first-order valence-electron chi connectivity index (χ1n) is 12.4. The molecular formula is C24H27F4N9O. The van der Waals surface area contributed by atoms with Crippen molar-refractivity contribution in [2.45, 2.75) is 44.3 Å². The maximum atomic E-state index is 14.7. The van der Waals surface area contributed by atoms with Crippen molar-refractivity contribution in [2.75, 3.05) is 44.0 Å². The van der Waals surface area contributed by atoms with Gasteiger partial charge in [-0.3, -0.25) is 0 Å². The molecule has 0 saturated carbocycles. The predicted octanol–water partition coefficient (Wildman–Crippen LogP) is 3.28. The Morgan fingerprint density at radius 1 is 1.13 bits per heavy atom. The van der Waals surface area contributed by atoms with Gasteiger partial charge in [0.25, 0.3) is 12.3 Å². The Morgan fingerprint density at radius 3 is 2.66 bits per heavy atom. The Morgan fingerprint density at radius 2 is 1.95 bits per heavy atom. The van der Waals surface area contributed by atoms with Gasteiger partial charge in [-0.2, -0.15) is 4.98 Å². The molecule has 4 aromatic rings. The van der Waals surface area contributed by atoms with E-state index in [1.54, 1.807) is 47.8 Å². The van der Waals surface area contributed by atoms with Gasteiger partial charge in [-0.15, -0.1) is 5.10 Å². The first-order valence-corrected chi connectivity index (χ1v) is 12.4. The summed E-state index contributed by atoms with van der Waals surface area (Å²) < 4.78 is 64.0. The maximum Gasteiger partial charge on any atom is 0.280 e. The van der Waals surface area contributed by atoms with E-state index >= 15 is 0 Å². The first kappa shape index (κ1) is 24.8. The van der Waals surface area contributed by atoms with Crippen molar-refractivity contribution in [1.82, 2.24) is 34.0 Å². The van der Waals surface area contributed by atoms with Gasteiger partial charge in [0.15, 0.2) is 11.5 Å². The van der Waals surface area contributed by atoms with Gasteiger partial charge < -0.3 is 24.8 Å².